The molecule has 3 nitrogen and oxygen atoms in total. The highest BCUT2D eigenvalue weighted by Gasteiger charge is 2.19. The van der Waals surface area contributed by atoms with Gasteiger partial charge in [-0.05, 0) is 48.1 Å². The van der Waals surface area contributed by atoms with Crippen LogP contribution in [-0.2, 0) is 13.0 Å². The van der Waals surface area contributed by atoms with Crippen LogP contribution in [0.1, 0.15) is 49.2 Å². The van der Waals surface area contributed by atoms with Crippen LogP contribution in [-0.4, -0.2) is 30.4 Å². The van der Waals surface area contributed by atoms with Crippen molar-refractivity contribution in [1.29, 1.82) is 0 Å². The van der Waals surface area contributed by atoms with E-state index in [9.17, 15) is 4.79 Å². The molecule has 116 valence electrons. The van der Waals surface area contributed by atoms with E-state index in [1.54, 1.807) is 0 Å². The monoisotopic (exact) mass is 288 g/mol. The normalized spacial score (nSPS) is 14.4. The molecule has 21 heavy (non-hydrogen) atoms. The third-order valence-corrected chi connectivity index (χ3v) is 3.80. The lowest BCUT2D eigenvalue weighted by atomic mass is 9.98. The first kappa shape index (κ1) is 16.0. The summed E-state index contributed by atoms with van der Waals surface area (Å²) in [5, 5.41) is 3.38. The van der Waals surface area contributed by atoms with E-state index >= 15 is 0 Å². The summed E-state index contributed by atoms with van der Waals surface area (Å²) in [7, 11) is 0. The molecule has 1 aromatic carbocycles. The maximum absolute atomic E-state index is 12.8. The molecule has 0 unspecified atom stereocenters. The Bertz CT molecular complexity index is 484. The number of carbonyl (C=O) groups is 1. The van der Waals surface area contributed by atoms with E-state index in [1.807, 2.05) is 11.0 Å². The highest BCUT2D eigenvalue weighted by Crippen LogP contribution is 2.18. The minimum Gasteiger partial charge on any atom is -0.338 e. The number of benzene rings is 1. The molecule has 0 saturated carbocycles. The van der Waals surface area contributed by atoms with Crippen LogP contribution in [0.5, 0.6) is 0 Å². The lowest BCUT2D eigenvalue weighted by Crippen LogP contribution is -2.37. The number of nitrogens with one attached hydrogen (secondary N) is 1. The number of nitrogens with zero attached hydrogens (tertiary/aromatic N) is 1. The Balaban J connectivity index is 2.19. The van der Waals surface area contributed by atoms with Crippen LogP contribution in [0.25, 0.3) is 0 Å². The van der Waals surface area contributed by atoms with Gasteiger partial charge in [0.1, 0.15) is 0 Å². The van der Waals surface area contributed by atoms with Gasteiger partial charge in [0.2, 0.25) is 0 Å². The zero-order chi connectivity index (χ0) is 15.4. The summed E-state index contributed by atoms with van der Waals surface area (Å²) in [6.07, 6.45) is 1.06. The Morgan fingerprint density at radius 1 is 1.14 bits per heavy atom. The van der Waals surface area contributed by atoms with Gasteiger partial charge in [-0.3, -0.25) is 4.79 Å². The van der Waals surface area contributed by atoms with Crippen molar-refractivity contribution in [3.63, 3.8) is 0 Å². The van der Waals surface area contributed by atoms with Crippen molar-refractivity contribution in [2.75, 3.05) is 19.6 Å². The molecule has 1 aliphatic rings. The van der Waals surface area contributed by atoms with Crippen LogP contribution in [0.4, 0.5) is 0 Å². The van der Waals surface area contributed by atoms with Crippen LogP contribution in [0.3, 0.4) is 0 Å². The number of amides is 1. The van der Waals surface area contributed by atoms with Gasteiger partial charge in [0.25, 0.3) is 5.91 Å². The number of hydrogen-bond donors (Lipinski definition) is 1. The Morgan fingerprint density at radius 3 is 2.43 bits per heavy atom. The lowest BCUT2D eigenvalue weighted by Gasteiger charge is -2.27. The van der Waals surface area contributed by atoms with Gasteiger partial charge in [0.05, 0.1) is 0 Å². The third-order valence-electron chi connectivity index (χ3n) is 3.80. The van der Waals surface area contributed by atoms with Gasteiger partial charge in [0, 0.05) is 25.2 Å². The second-order valence-corrected chi connectivity index (χ2v) is 6.91. The average Bonchev–Trinajstić information content (AvgIpc) is 2.44. The summed E-state index contributed by atoms with van der Waals surface area (Å²) >= 11 is 0. The van der Waals surface area contributed by atoms with Gasteiger partial charge >= 0.3 is 0 Å². The number of carbonyl (C=O) groups excluding carboxylic acids is 1. The second-order valence-electron chi connectivity index (χ2n) is 6.91. The Kier molecular flexibility index (Phi) is 5.40. The molecule has 1 aliphatic heterocycles. The smallest absolute Gasteiger partial charge is 0.253 e. The van der Waals surface area contributed by atoms with Crippen molar-refractivity contribution >= 4 is 5.91 Å². The van der Waals surface area contributed by atoms with Crippen molar-refractivity contribution in [2.45, 2.75) is 40.7 Å². The number of fused-ring (bicyclic) bond motifs is 1. The summed E-state index contributed by atoms with van der Waals surface area (Å²) < 4.78 is 0. The van der Waals surface area contributed by atoms with E-state index in [0.29, 0.717) is 11.8 Å². The van der Waals surface area contributed by atoms with Crippen molar-refractivity contribution in [3.8, 4) is 0 Å². The Hall–Kier alpha value is -1.35. The SMILES string of the molecule is CC(C)CN(CC(C)C)C(=O)c1ccc2c(c1)CNCC2. The zero-order valence-electron chi connectivity index (χ0n) is 13.8. The molecule has 0 bridgehead atoms. The molecule has 2 rings (SSSR count). The lowest BCUT2D eigenvalue weighted by molar-refractivity contribution is 0.0715. The summed E-state index contributed by atoms with van der Waals surface area (Å²) in [6, 6.07) is 6.21. The van der Waals surface area contributed by atoms with Gasteiger partial charge in [-0.25, -0.2) is 0 Å². The first-order valence-corrected chi connectivity index (χ1v) is 8.09. The van der Waals surface area contributed by atoms with Gasteiger partial charge in [-0.1, -0.05) is 33.8 Å². The number of hydrogen-bond acceptors (Lipinski definition) is 2. The van der Waals surface area contributed by atoms with E-state index in [0.717, 1.165) is 38.2 Å². The molecule has 0 fully saturated rings. The fourth-order valence-corrected chi connectivity index (χ4v) is 2.92. The average molecular weight is 288 g/mol. The quantitative estimate of drug-likeness (QED) is 0.903. The highest BCUT2D eigenvalue weighted by molar-refractivity contribution is 5.94. The van der Waals surface area contributed by atoms with Crippen LogP contribution >= 0.6 is 0 Å². The molecule has 1 heterocycles. The van der Waals surface area contributed by atoms with Gasteiger partial charge in [0.15, 0.2) is 0 Å². The van der Waals surface area contributed by atoms with Gasteiger partial charge in [-0.15, -0.1) is 0 Å². The highest BCUT2D eigenvalue weighted by atomic mass is 16.2. The topological polar surface area (TPSA) is 32.3 Å². The minimum atomic E-state index is 0.172. The molecule has 3 heteroatoms. The van der Waals surface area contributed by atoms with E-state index in [1.165, 1.54) is 11.1 Å². The molecule has 0 aromatic heterocycles. The van der Waals surface area contributed by atoms with E-state index in [2.05, 4.69) is 45.1 Å². The summed E-state index contributed by atoms with van der Waals surface area (Å²) in [5.41, 5.74) is 3.49. The van der Waals surface area contributed by atoms with Crippen molar-refractivity contribution < 1.29 is 4.79 Å². The first-order valence-electron chi connectivity index (χ1n) is 8.09. The van der Waals surface area contributed by atoms with Gasteiger partial charge < -0.3 is 10.2 Å². The van der Waals surface area contributed by atoms with Crippen LogP contribution in [0.15, 0.2) is 18.2 Å². The van der Waals surface area contributed by atoms with Crippen molar-refractivity contribution in [3.05, 3.63) is 34.9 Å². The molecular weight excluding hydrogens is 260 g/mol. The van der Waals surface area contributed by atoms with Crippen LogP contribution in [0.2, 0.25) is 0 Å². The van der Waals surface area contributed by atoms with E-state index < -0.39 is 0 Å². The zero-order valence-corrected chi connectivity index (χ0v) is 13.8. The number of rotatable bonds is 5. The predicted molar refractivity (Wildman–Crippen MR) is 87.4 cm³/mol. The van der Waals surface area contributed by atoms with Gasteiger partial charge in [-0.2, -0.15) is 0 Å². The Labute approximate surface area is 128 Å². The Morgan fingerprint density at radius 2 is 1.81 bits per heavy atom. The van der Waals surface area contributed by atoms with Crippen LogP contribution in [0, 0.1) is 11.8 Å². The molecule has 0 aliphatic carbocycles. The standard InChI is InChI=1S/C18H28N2O/c1-13(2)11-20(12-14(3)4)18(21)16-6-5-15-7-8-19-10-17(15)9-16/h5-6,9,13-14,19H,7-8,10-12H2,1-4H3. The molecule has 0 saturated heterocycles. The van der Waals surface area contributed by atoms with E-state index in [4.69, 9.17) is 0 Å². The molecule has 1 N–H and O–H groups in total. The maximum atomic E-state index is 12.8. The fourth-order valence-electron chi connectivity index (χ4n) is 2.92. The summed E-state index contributed by atoms with van der Waals surface area (Å²) in [4.78, 5) is 14.8. The molecule has 0 radical (unpaired) electrons. The summed E-state index contributed by atoms with van der Waals surface area (Å²) in [6.45, 7) is 12.2. The fraction of sp³-hybridized carbons (Fsp3) is 0.611. The third kappa shape index (κ3) is 4.31. The summed E-state index contributed by atoms with van der Waals surface area (Å²) in [5.74, 6) is 1.16. The minimum absolute atomic E-state index is 0.172. The first-order chi connectivity index (χ1) is 9.97. The van der Waals surface area contributed by atoms with Crippen molar-refractivity contribution in [2.24, 2.45) is 11.8 Å². The molecule has 0 spiro atoms. The molecule has 1 amide bonds. The van der Waals surface area contributed by atoms with Crippen LogP contribution < -0.4 is 5.32 Å². The molecule has 0 atom stereocenters. The molecule has 1 aromatic rings. The maximum Gasteiger partial charge on any atom is 0.253 e. The largest absolute Gasteiger partial charge is 0.338 e. The second kappa shape index (κ2) is 7.08. The molecular formula is C18H28N2O. The predicted octanol–water partition coefficient (Wildman–Crippen LogP) is 3.09. The van der Waals surface area contributed by atoms with Crippen molar-refractivity contribution in [1.82, 2.24) is 10.2 Å². The van der Waals surface area contributed by atoms with E-state index in [-0.39, 0.29) is 5.91 Å².